The lowest BCUT2D eigenvalue weighted by molar-refractivity contribution is -0.125. The molecule has 1 amide bonds. The van der Waals surface area contributed by atoms with Gasteiger partial charge in [-0.15, -0.1) is 0 Å². The number of halogens is 3. The lowest BCUT2D eigenvalue weighted by atomic mass is 9.96. The molecule has 3 aromatic carbocycles. The van der Waals surface area contributed by atoms with Crippen LogP contribution in [-0.4, -0.2) is 32.9 Å². The summed E-state index contributed by atoms with van der Waals surface area (Å²) < 4.78 is 68.5. The van der Waals surface area contributed by atoms with Crippen LogP contribution in [0.3, 0.4) is 0 Å². The highest BCUT2D eigenvalue weighted by atomic mass is 32.2. The van der Waals surface area contributed by atoms with E-state index in [2.05, 4.69) is 0 Å². The number of aryl methyl sites for hydroxylation is 1. The fourth-order valence-electron chi connectivity index (χ4n) is 4.49. The predicted octanol–water partition coefficient (Wildman–Crippen LogP) is 5.04. The predicted molar refractivity (Wildman–Crippen MR) is 130 cm³/mol. The molecule has 9 heteroatoms. The van der Waals surface area contributed by atoms with Gasteiger partial charge in [-0.25, -0.2) is 21.6 Å². The molecule has 0 spiro atoms. The first-order valence-corrected chi connectivity index (χ1v) is 13.2. The zero-order valence-corrected chi connectivity index (χ0v) is 20.5. The fourth-order valence-corrected chi connectivity index (χ4v) is 5.39. The van der Waals surface area contributed by atoms with E-state index in [1.165, 1.54) is 48.5 Å². The van der Waals surface area contributed by atoms with Gasteiger partial charge in [0.05, 0.1) is 10.6 Å². The van der Waals surface area contributed by atoms with Crippen LogP contribution in [0.4, 0.5) is 18.9 Å². The Kier molecular flexibility index (Phi) is 7.04. The van der Waals surface area contributed by atoms with Crippen LogP contribution in [0.1, 0.15) is 24.0 Å². The van der Waals surface area contributed by atoms with Gasteiger partial charge in [0, 0.05) is 42.7 Å². The summed E-state index contributed by atoms with van der Waals surface area (Å²) >= 11 is 0. The molecular weight excluding hydrogens is 491 g/mol. The molecule has 188 valence electrons. The Morgan fingerprint density at radius 2 is 1.72 bits per heavy atom. The van der Waals surface area contributed by atoms with E-state index in [9.17, 15) is 22.4 Å². The van der Waals surface area contributed by atoms with Crippen molar-refractivity contribution in [3.8, 4) is 11.1 Å². The molecule has 1 saturated heterocycles. The van der Waals surface area contributed by atoms with Crippen molar-refractivity contribution in [3.05, 3.63) is 83.2 Å². The molecular formula is C27H24F3NO4S. The number of nitrogens with zero attached hydrogens (tertiary/aromatic N) is 1. The summed E-state index contributed by atoms with van der Waals surface area (Å²) in [6.07, 6.45) is 0.951. The number of carbonyl (C=O) groups is 2. The summed E-state index contributed by atoms with van der Waals surface area (Å²) in [6.45, 7) is 1.82. The number of amides is 1. The minimum atomic E-state index is -3.70. The molecule has 1 fully saturated rings. The zero-order valence-electron chi connectivity index (χ0n) is 19.7. The van der Waals surface area contributed by atoms with Gasteiger partial charge in [-0.3, -0.25) is 9.59 Å². The monoisotopic (exact) mass is 515 g/mol. The van der Waals surface area contributed by atoms with Crippen LogP contribution < -0.4 is 4.90 Å². The first kappa shape index (κ1) is 25.6. The molecule has 1 aliphatic heterocycles. The number of Topliss-reactive ketones (excluding diaryl/α,β-unsaturated/α-hetero) is 1. The maximum absolute atomic E-state index is 15.1. The largest absolute Gasteiger partial charge is 0.309 e. The van der Waals surface area contributed by atoms with Crippen molar-refractivity contribution in [2.75, 3.05) is 17.7 Å². The van der Waals surface area contributed by atoms with Crippen LogP contribution in [0.5, 0.6) is 0 Å². The van der Waals surface area contributed by atoms with E-state index >= 15 is 8.78 Å². The lowest BCUT2D eigenvalue weighted by Gasteiger charge is -2.19. The first-order chi connectivity index (χ1) is 17.0. The molecule has 3 aromatic rings. The van der Waals surface area contributed by atoms with Gasteiger partial charge in [0.15, 0.2) is 21.5 Å². The van der Waals surface area contributed by atoms with Gasteiger partial charge in [0.1, 0.15) is 11.6 Å². The quantitative estimate of drug-likeness (QED) is 0.442. The van der Waals surface area contributed by atoms with Crippen LogP contribution in [0.2, 0.25) is 0 Å². The second-order valence-corrected chi connectivity index (χ2v) is 11.0. The fraction of sp³-hybridized carbons (Fsp3) is 0.259. The highest BCUT2D eigenvalue weighted by Crippen LogP contribution is 2.36. The number of ketones is 1. The van der Waals surface area contributed by atoms with Crippen molar-refractivity contribution >= 4 is 27.2 Å². The van der Waals surface area contributed by atoms with Crippen molar-refractivity contribution in [3.63, 3.8) is 0 Å². The lowest BCUT2D eigenvalue weighted by Crippen LogP contribution is -2.29. The second-order valence-electron chi connectivity index (χ2n) is 9.02. The van der Waals surface area contributed by atoms with Crippen LogP contribution in [-0.2, 0) is 25.8 Å². The molecule has 0 aliphatic carbocycles. The van der Waals surface area contributed by atoms with E-state index in [-0.39, 0.29) is 58.9 Å². The van der Waals surface area contributed by atoms with Crippen LogP contribution in [0.15, 0.2) is 59.5 Å². The van der Waals surface area contributed by atoms with Crippen LogP contribution in [0, 0.1) is 30.3 Å². The Morgan fingerprint density at radius 3 is 2.42 bits per heavy atom. The summed E-state index contributed by atoms with van der Waals surface area (Å²) in [7, 11) is -3.70. The van der Waals surface area contributed by atoms with E-state index in [0.29, 0.717) is 0 Å². The maximum atomic E-state index is 15.1. The normalized spacial score (nSPS) is 16.0. The third kappa shape index (κ3) is 5.06. The highest BCUT2D eigenvalue weighted by molar-refractivity contribution is 7.90. The average molecular weight is 516 g/mol. The number of hydrogen-bond donors (Lipinski definition) is 0. The van der Waals surface area contributed by atoms with Gasteiger partial charge in [-0.2, -0.15) is 0 Å². The summed E-state index contributed by atoms with van der Waals surface area (Å²) in [5.74, 6) is -4.60. The molecule has 0 radical (unpaired) electrons. The number of rotatable bonds is 7. The number of benzene rings is 3. The summed E-state index contributed by atoms with van der Waals surface area (Å²) in [6, 6.07) is 12.7. The van der Waals surface area contributed by atoms with Crippen molar-refractivity contribution in [1.29, 1.82) is 0 Å². The molecule has 0 N–H and O–H groups in total. The van der Waals surface area contributed by atoms with Gasteiger partial charge < -0.3 is 4.90 Å². The zero-order chi connectivity index (χ0) is 26.2. The number of carbonyl (C=O) groups excluding carboxylic acids is 2. The minimum absolute atomic E-state index is 0.0162. The van der Waals surface area contributed by atoms with Crippen molar-refractivity contribution in [2.45, 2.75) is 31.1 Å². The van der Waals surface area contributed by atoms with E-state index in [1.807, 2.05) is 0 Å². The minimum Gasteiger partial charge on any atom is -0.309 e. The van der Waals surface area contributed by atoms with Crippen molar-refractivity contribution in [1.82, 2.24) is 0 Å². The average Bonchev–Trinajstić information content (AvgIpc) is 3.16. The Labute approximate surface area is 207 Å². The maximum Gasteiger partial charge on any atom is 0.230 e. The Balaban J connectivity index is 1.54. The molecule has 0 aromatic heterocycles. The van der Waals surface area contributed by atoms with Gasteiger partial charge in [-0.05, 0) is 48.7 Å². The first-order valence-electron chi connectivity index (χ1n) is 11.3. The molecule has 0 unspecified atom stereocenters. The van der Waals surface area contributed by atoms with E-state index in [4.69, 9.17) is 0 Å². The molecule has 1 aliphatic rings. The van der Waals surface area contributed by atoms with Gasteiger partial charge >= 0.3 is 0 Å². The van der Waals surface area contributed by atoms with E-state index in [1.54, 1.807) is 13.0 Å². The third-order valence-corrected chi connectivity index (χ3v) is 7.47. The Morgan fingerprint density at radius 1 is 1.00 bits per heavy atom. The molecule has 0 saturated carbocycles. The number of sulfone groups is 1. The smallest absolute Gasteiger partial charge is 0.230 e. The molecule has 36 heavy (non-hydrogen) atoms. The highest BCUT2D eigenvalue weighted by Gasteiger charge is 2.36. The molecule has 5 nitrogen and oxygen atoms in total. The SMILES string of the molecule is Cc1ccc(CC(=O)C[C@@H]2CCN(c3ccc(-c4ccccc4S(C)(=O)=O)c(F)c3F)C2=O)c(F)c1. The van der Waals surface area contributed by atoms with Gasteiger partial charge in [-0.1, -0.05) is 30.3 Å². The number of hydrogen-bond acceptors (Lipinski definition) is 4. The van der Waals surface area contributed by atoms with E-state index in [0.717, 1.165) is 16.7 Å². The Bertz CT molecular complexity index is 1470. The van der Waals surface area contributed by atoms with Crippen molar-refractivity contribution < 1.29 is 31.2 Å². The topological polar surface area (TPSA) is 71.5 Å². The standard InChI is InChI=1S/C27H24F3NO4S/c1-16-7-8-17(22(28)13-16)14-19(32)15-18-11-12-31(27(18)33)23-10-9-21(25(29)26(23)30)20-5-3-4-6-24(20)36(2,34)35/h3-10,13,18H,11-12,14-15H2,1-2H3/t18-/m0/s1. The molecule has 1 atom stereocenters. The second kappa shape index (κ2) is 9.89. The summed E-state index contributed by atoms with van der Waals surface area (Å²) in [4.78, 5) is 26.4. The third-order valence-electron chi connectivity index (χ3n) is 6.32. The molecule has 0 bridgehead atoms. The van der Waals surface area contributed by atoms with Crippen LogP contribution >= 0.6 is 0 Å². The molecule has 1 heterocycles. The molecule has 4 rings (SSSR count). The van der Waals surface area contributed by atoms with Gasteiger partial charge in [0.2, 0.25) is 5.91 Å². The summed E-state index contributed by atoms with van der Waals surface area (Å²) in [5.41, 5.74) is 0.465. The van der Waals surface area contributed by atoms with E-state index < -0.39 is 39.1 Å². The van der Waals surface area contributed by atoms with Crippen molar-refractivity contribution in [2.24, 2.45) is 5.92 Å². The number of anilines is 1. The van der Waals surface area contributed by atoms with Gasteiger partial charge in [0.25, 0.3) is 0 Å². The Hall–Kier alpha value is -3.46. The summed E-state index contributed by atoms with van der Waals surface area (Å²) in [5, 5.41) is 0. The van der Waals surface area contributed by atoms with Crippen LogP contribution in [0.25, 0.3) is 11.1 Å².